The number of pyridine rings is 1. The molecule has 7 nitrogen and oxygen atoms in total. The van der Waals surface area contributed by atoms with Crippen LogP contribution in [0.5, 0.6) is 5.88 Å². The molecule has 3 N–H and O–H groups in total. The summed E-state index contributed by atoms with van der Waals surface area (Å²) in [5, 5.41) is 5.38. The second-order valence-corrected chi connectivity index (χ2v) is 5.08. The van der Waals surface area contributed by atoms with Gasteiger partial charge in [0.25, 0.3) is 5.91 Å². The van der Waals surface area contributed by atoms with Crippen molar-refractivity contribution in [1.29, 1.82) is 0 Å². The van der Waals surface area contributed by atoms with Crippen LogP contribution in [0.25, 0.3) is 11.0 Å². The van der Waals surface area contributed by atoms with Gasteiger partial charge in [-0.15, -0.1) is 0 Å². The number of ether oxygens (including phenoxy) is 1. The maximum absolute atomic E-state index is 12.1. The Balaban J connectivity index is 2.54. The fraction of sp³-hybridized carbons (Fsp3) is 0.400. The summed E-state index contributed by atoms with van der Waals surface area (Å²) in [6.07, 6.45) is 0. The van der Waals surface area contributed by atoms with Gasteiger partial charge in [0.15, 0.2) is 0 Å². The Bertz CT molecular complexity index is 708. The molecule has 0 spiro atoms. The Hall–Kier alpha value is -2.57. The van der Waals surface area contributed by atoms with Crippen LogP contribution < -0.4 is 15.4 Å². The molecule has 7 heteroatoms. The van der Waals surface area contributed by atoms with E-state index in [9.17, 15) is 9.59 Å². The van der Waals surface area contributed by atoms with Crippen molar-refractivity contribution in [2.75, 3.05) is 20.7 Å². The van der Waals surface area contributed by atoms with Crippen molar-refractivity contribution in [3.05, 3.63) is 23.4 Å². The van der Waals surface area contributed by atoms with Gasteiger partial charge in [0.1, 0.15) is 5.69 Å². The second kappa shape index (κ2) is 6.46. The van der Waals surface area contributed by atoms with Gasteiger partial charge in [-0.3, -0.25) is 9.59 Å². The first-order valence-corrected chi connectivity index (χ1v) is 7.01. The monoisotopic (exact) mass is 304 g/mol. The summed E-state index contributed by atoms with van der Waals surface area (Å²) in [5.41, 5.74) is 2.65. The Labute approximate surface area is 128 Å². The molecule has 2 rings (SSSR count). The fourth-order valence-electron chi connectivity index (χ4n) is 2.36. The van der Waals surface area contributed by atoms with Gasteiger partial charge in [-0.05, 0) is 6.07 Å². The zero-order valence-corrected chi connectivity index (χ0v) is 13.1. The number of aromatic nitrogens is 2. The third-order valence-corrected chi connectivity index (χ3v) is 3.47. The van der Waals surface area contributed by atoms with Gasteiger partial charge >= 0.3 is 0 Å². The summed E-state index contributed by atoms with van der Waals surface area (Å²) in [4.78, 5) is 30.8. The molecular weight excluding hydrogens is 284 g/mol. The molecule has 2 amide bonds. The van der Waals surface area contributed by atoms with E-state index in [1.807, 2.05) is 13.0 Å². The highest BCUT2D eigenvalue weighted by molar-refractivity contribution is 6.00. The van der Waals surface area contributed by atoms with Crippen LogP contribution in [-0.2, 0) is 4.79 Å². The van der Waals surface area contributed by atoms with Crippen molar-refractivity contribution in [1.82, 2.24) is 20.6 Å². The Morgan fingerprint density at radius 1 is 1.41 bits per heavy atom. The smallest absolute Gasteiger partial charge is 0.267 e. The van der Waals surface area contributed by atoms with Gasteiger partial charge in [-0.25, -0.2) is 4.98 Å². The number of H-pyrrole nitrogens is 1. The molecule has 2 aromatic heterocycles. The topological polar surface area (TPSA) is 96.1 Å². The SMILES string of the molecule is CNC(=O)c1[nH]c2ccc(OC)nc2c1[C@H](C)CNC(C)=O. The van der Waals surface area contributed by atoms with Crippen molar-refractivity contribution in [2.45, 2.75) is 19.8 Å². The van der Waals surface area contributed by atoms with E-state index in [0.717, 1.165) is 11.1 Å². The summed E-state index contributed by atoms with van der Waals surface area (Å²) in [5.74, 6) is 0.0628. The number of carbonyl (C=O) groups is 2. The van der Waals surface area contributed by atoms with Gasteiger partial charge in [0.05, 0.1) is 18.1 Å². The Morgan fingerprint density at radius 2 is 2.14 bits per heavy atom. The summed E-state index contributed by atoms with van der Waals surface area (Å²) in [6, 6.07) is 3.55. The lowest BCUT2D eigenvalue weighted by Crippen LogP contribution is -2.26. The average molecular weight is 304 g/mol. The molecule has 0 saturated heterocycles. The molecule has 0 aliphatic rings. The summed E-state index contributed by atoms with van der Waals surface area (Å²) >= 11 is 0. The van der Waals surface area contributed by atoms with Crippen LogP contribution in [0.3, 0.4) is 0 Å². The van der Waals surface area contributed by atoms with E-state index in [0.29, 0.717) is 23.6 Å². The number of amides is 2. The third-order valence-electron chi connectivity index (χ3n) is 3.47. The molecule has 0 unspecified atom stereocenters. The number of aromatic amines is 1. The van der Waals surface area contributed by atoms with Gasteiger partial charge in [-0.1, -0.05) is 6.92 Å². The third kappa shape index (κ3) is 3.03. The molecule has 0 fully saturated rings. The summed E-state index contributed by atoms with van der Waals surface area (Å²) in [7, 11) is 3.12. The first kappa shape index (κ1) is 15.8. The zero-order valence-electron chi connectivity index (χ0n) is 13.1. The van der Waals surface area contributed by atoms with Crippen LogP contribution in [0.2, 0.25) is 0 Å². The van der Waals surface area contributed by atoms with E-state index in [1.165, 1.54) is 6.92 Å². The van der Waals surface area contributed by atoms with Crippen molar-refractivity contribution in [2.24, 2.45) is 0 Å². The van der Waals surface area contributed by atoms with E-state index >= 15 is 0 Å². The van der Waals surface area contributed by atoms with Crippen molar-refractivity contribution < 1.29 is 14.3 Å². The van der Waals surface area contributed by atoms with E-state index < -0.39 is 0 Å². The number of methoxy groups -OCH3 is 1. The molecule has 0 radical (unpaired) electrons. The molecule has 22 heavy (non-hydrogen) atoms. The van der Waals surface area contributed by atoms with Crippen LogP contribution >= 0.6 is 0 Å². The molecule has 0 bridgehead atoms. The minimum absolute atomic E-state index is 0.0791. The van der Waals surface area contributed by atoms with Gasteiger partial charge < -0.3 is 20.4 Å². The van der Waals surface area contributed by atoms with E-state index in [2.05, 4.69) is 20.6 Å². The molecule has 1 atom stereocenters. The molecular formula is C15H20N4O3. The molecule has 0 aliphatic carbocycles. The molecule has 0 saturated carbocycles. The lowest BCUT2D eigenvalue weighted by atomic mass is 9.99. The van der Waals surface area contributed by atoms with Gasteiger partial charge in [-0.2, -0.15) is 0 Å². The maximum Gasteiger partial charge on any atom is 0.267 e. The van der Waals surface area contributed by atoms with Gasteiger partial charge in [0.2, 0.25) is 11.8 Å². The quantitative estimate of drug-likeness (QED) is 0.772. The van der Waals surface area contributed by atoms with Crippen molar-refractivity contribution in [3.63, 3.8) is 0 Å². The number of rotatable bonds is 5. The minimum Gasteiger partial charge on any atom is -0.481 e. The second-order valence-electron chi connectivity index (χ2n) is 5.08. The van der Waals surface area contributed by atoms with Crippen LogP contribution in [0, 0.1) is 0 Å². The fourth-order valence-corrected chi connectivity index (χ4v) is 2.36. The van der Waals surface area contributed by atoms with Gasteiger partial charge in [0, 0.05) is 38.1 Å². The zero-order chi connectivity index (χ0) is 16.3. The van der Waals surface area contributed by atoms with E-state index in [-0.39, 0.29) is 17.7 Å². The number of nitrogens with zero attached hydrogens (tertiary/aromatic N) is 1. The van der Waals surface area contributed by atoms with Crippen molar-refractivity contribution >= 4 is 22.8 Å². The lowest BCUT2D eigenvalue weighted by molar-refractivity contribution is -0.119. The molecule has 2 heterocycles. The predicted octanol–water partition coefficient (Wildman–Crippen LogP) is 1.17. The standard InChI is InChI=1S/C15H20N4O3/c1-8(7-17-9(2)20)12-13-10(5-6-11(19-13)22-4)18-14(12)15(21)16-3/h5-6,8,18H,7H2,1-4H3,(H,16,21)(H,17,20)/t8-/m1/s1. The maximum atomic E-state index is 12.1. The Kier molecular flexibility index (Phi) is 4.65. The number of nitrogens with one attached hydrogen (secondary N) is 3. The highest BCUT2D eigenvalue weighted by Crippen LogP contribution is 2.29. The molecule has 0 aliphatic heterocycles. The van der Waals surface area contributed by atoms with E-state index in [1.54, 1.807) is 20.2 Å². The number of hydrogen-bond acceptors (Lipinski definition) is 4. The van der Waals surface area contributed by atoms with Crippen LogP contribution in [-0.4, -0.2) is 42.5 Å². The Morgan fingerprint density at radius 3 is 2.73 bits per heavy atom. The first-order chi connectivity index (χ1) is 10.5. The highest BCUT2D eigenvalue weighted by atomic mass is 16.5. The molecule has 118 valence electrons. The normalized spacial score (nSPS) is 12.0. The largest absolute Gasteiger partial charge is 0.481 e. The first-order valence-electron chi connectivity index (χ1n) is 7.01. The van der Waals surface area contributed by atoms with Crippen LogP contribution in [0.1, 0.15) is 35.8 Å². The average Bonchev–Trinajstić information content (AvgIpc) is 2.90. The van der Waals surface area contributed by atoms with E-state index in [4.69, 9.17) is 4.74 Å². The predicted molar refractivity (Wildman–Crippen MR) is 83.1 cm³/mol. The number of carbonyl (C=O) groups excluding carboxylic acids is 2. The molecule has 0 aromatic carbocycles. The molecule has 2 aromatic rings. The van der Waals surface area contributed by atoms with Crippen molar-refractivity contribution in [3.8, 4) is 5.88 Å². The summed E-state index contributed by atoms with van der Waals surface area (Å²) in [6.45, 7) is 3.82. The van der Waals surface area contributed by atoms with Crippen LogP contribution in [0.4, 0.5) is 0 Å². The van der Waals surface area contributed by atoms with Crippen LogP contribution in [0.15, 0.2) is 12.1 Å². The lowest BCUT2D eigenvalue weighted by Gasteiger charge is -2.13. The summed E-state index contributed by atoms with van der Waals surface area (Å²) < 4.78 is 5.16. The number of fused-ring (bicyclic) bond motifs is 1. The highest BCUT2D eigenvalue weighted by Gasteiger charge is 2.23. The minimum atomic E-state index is -0.221. The number of hydrogen-bond donors (Lipinski definition) is 3.